The molecular formula is C15H20O10. The van der Waals surface area contributed by atoms with E-state index in [9.17, 15) is 25.2 Å². The van der Waals surface area contributed by atoms with Gasteiger partial charge in [-0.25, -0.2) is 4.79 Å². The van der Waals surface area contributed by atoms with E-state index in [-0.39, 0.29) is 22.8 Å². The molecule has 0 amide bonds. The average molecular weight is 360 g/mol. The van der Waals surface area contributed by atoms with E-state index in [1.165, 1.54) is 26.4 Å². The number of aliphatic hydroxyl groups excluding tert-OH is 4. The minimum Gasteiger partial charge on any atom is -0.502 e. The maximum atomic E-state index is 12.3. The van der Waals surface area contributed by atoms with E-state index in [0.717, 1.165) is 0 Å². The molecule has 25 heavy (non-hydrogen) atoms. The number of methoxy groups -OCH3 is 2. The van der Waals surface area contributed by atoms with Gasteiger partial charge in [0.05, 0.1) is 26.4 Å². The molecule has 0 bridgehead atoms. The second kappa shape index (κ2) is 7.85. The highest BCUT2D eigenvalue weighted by atomic mass is 16.7. The summed E-state index contributed by atoms with van der Waals surface area (Å²) in [6, 6.07) is 2.37. The quantitative estimate of drug-likeness (QED) is 0.386. The number of phenolic OH excluding ortho intramolecular Hbond substituents is 1. The van der Waals surface area contributed by atoms with Gasteiger partial charge in [0, 0.05) is 0 Å². The molecule has 1 fully saturated rings. The van der Waals surface area contributed by atoms with E-state index < -0.39 is 43.3 Å². The lowest BCUT2D eigenvalue weighted by atomic mass is 9.99. The molecule has 5 N–H and O–H groups in total. The van der Waals surface area contributed by atoms with Crippen LogP contribution in [-0.4, -0.2) is 83.0 Å². The molecule has 0 spiro atoms. The molecule has 1 aromatic rings. The fourth-order valence-electron chi connectivity index (χ4n) is 2.35. The van der Waals surface area contributed by atoms with Crippen LogP contribution in [0.4, 0.5) is 0 Å². The molecule has 1 aromatic carbocycles. The number of aromatic hydroxyl groups is 1. The minimum atomic E-state index is -1.72. The molecule has 1 saturated heterocycles. The monoisotopic (exact) mass is 360 g/mol. The van der Waals surface area contributed by atoms with Crippen LogP contribution in [0.2, 0.25) is 0 Å². The van der Waals surface area contributed by atoms with Crippen LogP contribution in [0.15, 0.2) is 12.1 Å². The minimum absolute atomic E-state index is 0.0416. The van der Waals surface area contributed by atoms with Gasteiger partial charge >= 0.3 is 5.97 Å². The maximum Gasteiger partial charge on any atom is 0.340 e. The van der Waals surface area contributed by atoms with E-state index in [2.05, 4.69) is 0 Å². The van der Waals surface area contributed by atoms with Crippen molar-refractivity contribution in [3.8, 4) is 17.2 Å². The predicted octanol–water partition coefficient (Wildman–Crippen LogP) is -1.63. The van der Waals surface area contributed by atoms with Crippen molar-refractivity contribution >= 4 is 5.97 Å². The van der Waals surface area contributed by atoms with Gasteiger partial charge in [0.1, 0.15) is 24.4 Å². The highest BCUT2D eigenvalue weighted by Crippen LogP contribution is 2.37. The normalized spacial score (nSPS) is 29.1. The summed E-state index contributed by atoms with van der Waals surface area (Å²) in [5.41, 5.74) is -0.0801. The van der Waals surface area contributed by atoms with Crippen LogP contribution in [0.5, 0.6) is 17.2 Å². The second-order valence-corrected chi connectivity index (χ2v) is 5.33. The SMILES string of the molecule is COc1cc(C(=O)O[C@H]2O[C@H](CO)[C@@H](O)[C@H](O)[C@H]2O)cc(OC)c1O. The van der Waals surface area contributed by atoms with Gasteiger partial charge in [0.2, 0.25) is 12.0 Å². The average Bonchev–Trinajstić information content (AvgIpc) is 2.62. The fraction of sp³-hybridized carbons (Fsp3) is 0.533. The number of hydrogen-bond acceptors (Lipinski definition) is 10. The zero-order valence-electron chi connectivity index (χ0n) is 13.5. The molecule has 0 aromatic heterocycles. The summed E-state index contributed by atoms with van der Waals surface area (Å²) < 4.78 is 19.9. The second-order valence-electron chi connectivity index (χ2n) is 5.33. The lowest BCUT2D eigenvalue weighted by Gasteiger charge is -2.39. The lowest BCUT2D eigenvalue weighted by molar-refractivity contribution is -0.285. The molecule has 1 heterocycles. The van der Waals surface area contributed by atoms with Crippen LogP contribution in [0.25, 0.3) is 0 Å². The summed E-state index contributed by atoms with van der Waals surface area (Å²) in [7, 11) is 2.56. The van der Waals surface area contributed by atoms with Gasteiger partial charge in [-0.05, 0) is 12.1 Å². The van der Waals surface area contributed by atoms with Gasteiger partial charge in [-0.15, -0.1) is 0 Å². The lowest BCUT2D eigenvalue weighted by Crippen LogP contribution is -2.59. The van der Waals surface area contributed by atoms with Crippen LogP contribution in [0.3, 0.4) is 0 Å². The van der Waals surface area contributed by atoms with E-state index >= 15 is 0 Å². The molecule has 2 rings (SSSR count). The first-order valence-corrected chi connectivity index (χ1v) is 7.30. The number of carbonyl (C=O) groups excluding carboxylic acids is 1. The zero-order chi connectivity index (χ0) is 18.7. The fourth-order valence-corrected chi connectivity index (χ4v) is 2.35. The number of aliphatic hydroxyl groups is 4. The van der Waals surface area contributed by atoms with Crippen molar-refractivity contribution in [2.75, 3.05) is 20.8 Å². The van der Waals surface area contributed by atoms with Crippen molar-refractivity contribution in [2.24, 2.45) is 0 Å². The number of esters is 1. The molecule has 0 aliphatic carbocycles. The summed E-state index contributed by atoms with van der Waals surface area (Å²) in [6.07, 6.45) is -7.78. The molecule has 10 nitrogen and oxygen atoms in total. The van der Waals surface area contributed by atoms with Gasteiger partial charge < -0.3 is 44.5 Å². The third-order valence-corrected chi connectivity index (χ3v) is 3.79. The van der Waals surface area contributed by atoms with Crippen LogP contribution in [0.1, 0.15) is 10.4 Å². The molecule has 140 valence electrons. The van der Waals surface area contributed by atoms with Crippen molar-refractivity contribution in [2.45, 2.75) is 30.7 Å². The topological polar surface area (TPSA) is 155 Å². The largest absolute Gasteiger partial charge is 0.502 e. The number of phenols is 1. The number of benzene rings is 1. The summed E-state index contributed by atoms with van der Waals surface area (Å²) in [6.45, 7) is -0.653. The Morgan fingerprint density at radius 2 is 1.64 bits per heavy atom. The smallest absolute Gasteiger partial charge is 0.340 e. The van der Waals surface area contributed by atoms with Crippen LogP contribution in [0, 0.1) is 0 Å². The van der Waals surface area contributed by atoms with Crippen molar-refractivity contribution in [3.63, 3.8) is 0 Å². The number of carbonyl (C=O) groups is 1. The Kier molecular flexibility index (Phi) is 6.03. The third-order valence-electron chi connectivity index (χ3n) is 3.79. The molecule has 0 unspecified atom stereocenters. The van der Waals surface area contributed by atoms with Crippen molar-refractivity contribution < 1.29 is 49.3 Å². The van der Waals surface area contributed by atoms with Gasteiger partial charge in [0.15, 0.2) is 11.5 Å². The maximum absolute atomic E-state index is 12.3. The summed E-state index contributed by atoms with van der Waals surface area (Å²) in [4.78, 5) is 12.3. The number of ether oxygens (including phenoxy) is 4. The summed E-state index contributed by atoms with van der Waals surface area (Å²) in [5.74, 6) is -1.37. The van der Waals surface area contributed by atoms with Gasteiger partial charge in [0.25, 0.3) is 0 Å². The molecule has 1 aliphatic heterocycles. The van der Waals surface area contributed by atoms with Gasteiger partial charge in [-0.2, -0.15) is 0 Å². The highest BCUT2D eigenvalue weighted by Gasteiger charge is 2.45. The Labute approximate surface area is 142 Å². The van der Waals surface area contributed by atoms with E-state index in [1.807, 2.05) is 0 Å². The predicted molar refractivity (Wildman–Crippen MR) is 80.4 cm³/mol. The Morgan fingerprint density at radius 3 is 2.12 bits per heavy atom. The van der Waals surface area contributed by atoms with Crippen molar-refractivity contribution in [1.29, 1.82) is 0 Å². The van der Waals surface area contributed by atoms with Crippen LogP contribution >= 0.6 is 0 Å². The van der Waals surface area contributed by atoms with E-state index in [1.54, 1.807) is 0 Å². The van der Waals surface area contributed by atoms with Crippen LogP contribution < -0.4 is 9.47 Å². The number of rotatable bonds is 5. The van der Waals surface area contributed by atoms with Gasteiger partial charge in [-0.3, -0.25) is 0 Å². The van der Waals surface area contributed by atoms with E-state index in [4.69, 9.17) is 24.1 Å². The molecule has 0 radical (unpaired) electrons. The Bertz CT molecular complexity index is 591. The first-order chi connectivity index (χ1) is 11.8. The van der Waals surface area contributed by atoms with Crippen molar-refractivity contribution in [1.82, 2.24) is 0 Å². The highest BCUT2D eigenvalue weighted by molar-refractivity contribution is 5.91. The first-order valence-electron chi connectivity index (χ1n) is 7.30. The first kappa shape index (κ1) is 19.2. The molecule has 10 heteroatoms. The molecule has 1 aliphatic rings. The Morgan fingerprint density at radius 1 is 1.08 bits per heavy atom. The standard InChI is InChI=1S/C15H20O10/c1-22-7-3-6(4-8(23-2)10(7)17)14(21)25-15-13(20)12(19)11(18)9(5-16)24-15/h3-4,9,11-13,15-20H,5H2,1-2H3/t9-,11-,12+,13-,15-/m1/s1. The number of hydrogen-bond donors (Lipinski definition) is 5. The zero-order valence-corrected chi connectivity index (χ0v) is 13.5. The third kappa shape index (κ3) is 3.78. The summed E-state index contributed by atoms with van der Waals surface area (Å²) >= 11 is 0. The Hall–Kier alpha value is -2.11. The van der Waals surface area contributed by atoms with Crippen molar-refractivity contribution in [3.05, 3.63) is 17.7 Å². The van der Waals surface area contributed by atoms with E-state index in [0.29, 0.717) is 0 Å². The molecular weight excluding hydrogens is 340 g/mol. The van der Waals surface area contributed by atoms with Crippen LogP contribution in [-0.2, 0) is 9.47 Å². The molecule has 0 saturated carbocycles. The Balaban J connectivity index is 2.21. The molecule has 5 atom stereocenters. The van der Waals surface area contributed by atoms with Gasteiger partial charge in [-0.1, -0.05) is 0 Å². The summed E-state index contributed by atoms with van der Waals surface area (Å²) in [5, 5.41) is 48.2.